The third-order valence-electron chi connectivity index (χ3n) is 4.74. The van der Waals surface area contributed by atoms with Crippen LogP contribution in [0.3, 0.4) is 0 Å². The number of hydrogen-bond acceptors (Lipinski definition) is 5. The number of benzene rings is 2. The minimum Gasteiger partial charge on any atom is -0.486 e. The van der Waals surface area contributed by atoms with Crippen LogP contribution >= 0.6 is 0 Å². The Morgan fingerprint density at radius 1 is 1.10 bits per heavy atom. The predicted octanol–water partition coefficient (Wildman–Crippen LogP) is 2.77. The molecule has 0 saturated carbocycles. The van der Waals surface area contributed by atoms with Gasteiger partial charge in [0, 0.05) is 36.4 Å². The summed E-state index contributed by atoms with van der Waals surface area (Å²) in [4.78, 5) is 28.8. The number of fused-ring (bicyclic) bond motifs is 2. The van der Waals surface area contributed by atoms with Gasteiger partial charge in [-0.05, 0) is 44.2 Å². The number of aromatic nitrogens is 2. The minimum atomic E-state index is -0.311. The molecule has 3 aromatic rings. The van der Waals surface area contributed by atoms with E-state index in [0.717, 1.165) is 11.0 Å². The Hall–Kier alpha value is -3.75. The van der Waals surface area contributed by atoms with Gasteiger partial charge in [-0.2, -0.15) is 0 Å². The summed E-state index contributed by atoms with van der Waals surface area (Å²) in [6, 6.07) is 10.5. The topological polar surface area (TPSA) is 107 Å². The molecule has 3 amide bonds. The van der Waals surface area contributed by atoms with Crippen molar-refractivity contribution in [2.45, 2.75) is 26.4 Å². The zero-order valence-corrected chi connectivity index (χ0v) is 17.5. The first-order valence-corrected chi connectivity index (χ1v) is 10.2. The number of carbonyl (C=O) groups excluding carboxylic acids is 2. The number of hydrogen-bond donors (Lipinski definition) is 3. The van der Waals surface area contributed by atoms with Gasteiger partial charge >= 0.3 is 6.03 Å². The number of imidazole rings is 1. The van der Waals surface area contributed by atoms with Crippen molar-refractivity contribution in [1.29, 1.82) is 0 Å². The Labute approximate surface area is 179 Å². The summed E-state index contributed by atoms with van der Waals surface area (Å²) in [6.45, 7) is 5.81. The van der Waals surface area contributed by atoms with E-state index in [1.54, 1.807) is 36.7 Å². The third-order valence-corrected chi connectivity index (χ3v) is 4.74. The van der Waals surface area contributed by atoms with E-state index >= 15 is 0 Å². The molecule has 0 radical (unpaired) electrons. The summed E-state index contributed by atoms with van der Waals surface area (Å²) < 4.78 is 12.9. The van der Waals surface area contributed by atoms with E-state index in [1.807, 2.05) is 24.5 Å². The zero-order valence-electron chi connectivity index (χ0n) is 17.5. The normalized spacial score (nSPS) is 12.6. The van der Waals surface area contributed by atoms with Crippen LogP contribution in [0.1, 0.15) is 24.2 Å². The Kier molecular flexibility index (Phi) is 5.92. The number of anilines is 1. The molecule has 0 fully saturated rings. The van der Waals surface area contributed by atoms with E-state index < -0.39 is 0 Å². The molecule has 1 aliphatic heterocycles. The fourth-order valence-corrected chi connectivity index (χ4v) is 3.32. The third kappa shape index (κ3) is 4.88. The van der Waals surface area contributed by atoms with Gasteiger partial charge in [-0.25, -0.2) is 9.78 Å². The maximum Gasteiger partial charge on any atom is 0.319 e. The quantitative estimate of drug-likeness (QED) is 0.565. The maximum absolute atomic E-state index is 12.2. The van der Waals surface area contributed by atoms with Gasteiger partial charge < -0.3 is 30.0 Å². The number of carbonyl (C=O) groups is 2. The van der Waals surface area contributed by atoms with Crippen molar-refractivity contribution in [2.24, 2.45) is 0 Å². The van der Waals surface area contributed by atoms with Gasteiger partial charge in [-0.1, -0.05) is 0 Å². The molecule has 0 atom stereocenters. The van der Waals surface area contributed by atoms with E-state index in [1.165, 1.54) is 0 Å². The van der Waals surface area contributed by atoms with Crippen LogP contribution in [-0.4, -0.2) is 47.3 Å². The molecule has 0 spiro atoms. The number of nitrogens with zero attached hydrogens (tertiary/aromatic N) is 2. The van der Waals surface area contributed by atoms with Crippen molar-refractivity contribution in [3.8, 4) is 11.5 Å². The number of urea groups is 1. The molecule has 1 aromatic heterocycles. The number of ether oxygens (including phenoxy) is 2. The summed E-state index contributed by atoms with van der Waals surface area (Å²) in [7, 11) is 0. The van der Waals surface area contributed by atoms with Crippen LogP contribution < -0.4 is 25.4 Å². The molecular weight excluding hydrogens is 398 g/mol. The van der Waals surface area contributed by atoms with Crippen LogP contribution in [0.15, 0.2) is 42.7 Å². The van der Waals surface area contributed by atoms with Gasteiger partial charge in [0.2, 0.25) is 0 Å². The summed E-state index contributed by atoms with van der Waals surface area (Å²) in [5.41, 5.74) is 2.83. The summed E-state index contributed by atoms with van der Waals surface area (Å²) in [5.74, 6) is 1.17. The lowest BCUT2D eigenvalue weighted by Gasteiger charge is -2.19. The summed E-state index contributed by atoms with van der Waals surface area (Å²) in [5, 5.41) is 8.49. The van der Waals surface area contributed by atoms with Crippen LogP contribution in [0.2, 0.25) is 0 Å². The number of amides is 3. The number of nitrogens with one attached hydrogen (secondary N) is 3. The number of rotatable bonds is 6. The SMILES string of the molecule is CC(C)NC(=O)c1ccc2c(c1)ncn2CCNC(=O)Nc1ccc2c(c1)OCCO2. The van der Waals surface area contributed by atoms with Crippen LogP contribution in [0, 0.1) is 0 Å². The molecule has 9 nitrogen and oxygen atoms in total. The monoisotopic (exact) mass is 423 g/mol. The van der Waals surface area contributed by atoms with Crippen molar-refractivity contribution in [3.63, 3.8) is 0 Å². The molecule has 1 aliphatic rings. The molecule has 0 unspecified atom stereocenters. The molecule has 4 rings (SSSR count). The minimum absolute atomic E-state index is 0.0696. The van der Waals surface area contributed by atoms with Gasteiger partial charge in [0.25, 0.3) is 5.91 Å². The van der Waals surface area contributed by atoms with Crippen LogP contribution in [0.25, 0.3) is 11.0 Å². The van der Waals surface area contributed by atoms with Crippen molar-refractivity contribution < 1.29 is 19.1 Å². The molecule has 9 heteroatoms. The predicted molar refractivity (Wildman–Crippen MR) is 117 cm³/mol. The molecule has 2 aromatic carbocycles. The van der Waals surface area contributed by atoms with Crippen LogP contribution in [0.5, 0.6) is 11.5 Å². The summed E-state index contributed by atoms with van der Waals surface area (Å²) >= 11 is 0. The van der Waals surface area contributed by atoms with Crippen molar-refractivity contribution >= 4 is 28.7 Å². The molecule has 0 bridgehead atoms. The Balaban J connectivity index is 1.32. The fraction of sp³-hybridized carbons (Fsp3) is 0.318. The molecule has 162 valence electrons. The first-order valence-electron chi connectivity index (χ1n) is 10.2. The van der Waals surface area contributed by atoms with Gasteiger partial charge in [0.1, 0.15) is 13.2 Å². The molecule has 31 heavy (non-hydrogen) atoms. The maximum atomic E-state index is 12.2. The first kappa shape index (κ1) is 20.5. The lowest BCUT2D eigenvalue weighted by Crippen LogP contribution is -2.31. The van der Waals surface area contributed by atoms with Gasteiger partial charge in [0.05, 0.1) is 17.4 Å². The highest BCUT2D eigenvalue weighted by Gasteiger charge is 2.13. The molecule has 0 aliphatic carbocycles. The standard InChI is InChI=1S/C22H25N5O4/c1-14(2)25-21(28)15-3-5-18-17(11-15)24-13-27(18)8-7-23-22(29)26-16-4-6-19-20(12-16)31-10-9-30-19/h3-6,11-14H,7-10H2,1-2H3,(H,25,28)(H2,23,26,29). The van der Waals surface area contributed by atoms with Crippen molar-refractivity contribution in [2.75, 3.05) is 25.1 Å². The highest BCUT2D eigenvalue weighted by molar-refractivity contribution is 5.97. The van der Waals surface area contributed by atoms with E-state index in [4.69, 9.17) is 9.47 Å². The van der Waals surface area contributed by atoms with Gasteiger partial charge in [-0.15, -0.1) is 0 Å². The first-order chi connectivity index (χ1) is 15.0. The fourth-order valence-electron chi connectivity index (χ4n) is 3.32. The zero-order chi connectivity index (χ0) is 21.8. The Bertz CT molecular complexity index is 1110. The average Bonchev–Trinajstić information content (AvgIpc) is 3.15. The van der Waals surface area contributed by atoms with E-state index in [0.29, 0.717) is 49.1 Å². The average molecular weight is 423 g/mol. The van der Waals surface area contributed by atoms with Gasteiger partial charge in [0.15, 0.2) is 11.5 Å². The van der Waals surface area contributed by atoms with E-state index in [-0.39, 0.29) is 18.0 Å². The van der Waals surface area contributed by atoms with Gasteiger partial charge in [-0.3, -0.25) is 4.79 Å². The highest BCUT2D eigenvalue weighted by atomic mass is 16.6. The molecule has 0 saturated heterocycles. The molecule has 2 heterocycles. The smallest absolute Gasteiger partial charge is 0.319 e. The lowest BCUT2D eigenvalue weighted by molar-refractivity contribution is 0.0943. The van der Waals surface area contributed by atoms with Crippen molar-refractivity contribution in [1.82, 2.24) is 20.2 Å². The van der Waals surface area contributed by atoms with Crippen LogP contribution in [-0.2, 0) is 6.54 Å². The van der Waals surface area contributed by atoms with E-state index in [9.17, 15) is 9.59 Å². The summed E-state index contributed by atoms with van der Waals surface area (Å²) in [6.07, 6.45) is 1.70. The molecular formula is C22H25N5O4. The lowest BCUT2D eigenvalue weighted by atomic mass is 10.2. The van der Waals surface area contributed by atoms with E-state index in [2.05, 4.69) is 20.9 Å². The Morgan fingerprint density at radius 2 is 1.90 bits per heavy atom. The highest BCUT2D eigenvalue weighted by Crippen LogP contribution is 2.32. The van der Waals surface area contributed by atoms with Crippen LogP contribution in [0.4, 0.5) is 10.5 Å². The van der Waals surface area contributed by atoms with Crippen molar-refractivity contribution in [3.05, 3.63) is 48.3 Å². The molecule has 3 N–H and O–H groups in total. The second-order valence-corrected chi connectivity index (χ2v) is 7.51. The second-order valence-electron chi connectivity index (χ2n) is 7.51. The Morgan fingerprint density at radius 3 is 2.71 bits per heavy atom. The second kappa shape index (κ2) is 8.95. The largest absolute Gasteiger partial charge is 0.486 e.